The Labute approximate surface area is 136 Å². The molecule has 0 heterocycles. The van der Waals surface area contributed by atoms with Gasteiger partial charge in [-0.25, -0.2) is 8.42 Å². The van der Waals surface area contributed by atoms with Crippen LogP contribution in [0.25, 0.3) is 0 Å². The van der Waals surface area contributed by atoms with E-state index in [-0.39, 0.29) is 23.6 Å². The normalized spacial score (nSPS) is 10.8. The molecule has 0 aliphatic heterocycles. The summed E-state index contributed by atoms with van der Waals surface area (Å²) in [6, 6.07) is 15.6. The van der Waals surface area contributed by atoms with Gasteiger partial charge in [-0.1, -0.05) is 24.3 Å². The number of hydrogen-bond acceptors (Lipinski definition) is 4. The van der Waals surface area contributed by atoms with Crippen molar-refractivity contribution >= 4 is 15.7 Å². The Morgan fingerprint density at radius 3 is 2.57 bits per heavy atom. The summed E-state index contributed by atoms with van der Waals surface area (Å²) < 4.78 is 32.6. The highest BCUT2D eigenvalue weighted by molar-refractivity contribution is 7.93. The van der Waals surface area contributed by atoms with Crippen molar-refractivity contribution < 1.29 is 13.2 Å². The molecule has 0 aliphatic carbocycles. The third-order valence-corrected chi connectivity index (χ3v) is 5.22. The van der Waals surface area contributed by atoms with Gasteiger partial charge in [0.1, 0.15) is 10.6 Å². The Morgan fingerprint density at radius 2 is 1.91 bits per heavy atom. The largest absolute Gasteiger partial charge is 0.495 e. The van der Waals surface area contributed by atoms with Crippen LogP contribution in [-0.2, 0) is 10.0 Å². The molecule has 0 saturated carbocycles. The van der Waals surface area contributed by atoms with Crippen LogP contribution in [0.5, 0.6) is 5.75 Å². The molecule has 0 fully saturated rings. The van der Waals surface area contributed by atoms with Crippen molar-refractivity contribution in [3.8, 4) is 11.8 Å². The van der Waals surface area contributed by atoms with E-state index in [1.165, 1.54) is 17.5 Å². The third kappa shape index (κ3) is 3.63. The molecule has 0 radical (unpaired) electrons. The summed E-state index contributed by atoms with van der Waals surface area (Å²) in [5, 5.41) is 8.86. The zero-order valence-electron chi connectivity index (χ0n) is 13.1. The van der Waals surface area contributed by atoms with Gasteiger partial charge < -0.3 is 4.74 Å². The first-order valence-electron chi connectivity index (χ1n) is 7.10. The van der Waals surface area contributed by atoms with Gasteiger partial charge in [0.15, 0.2) is 0 Å². The van der Waals surface area contributed by atoms with Crippen molar-refractivity contribution in [2.75, 3.05) is 18.0 Å². The maximum absolute atomic E-state index is 13.1. The second-order valence-corrected chi connectivity index (χ2v) is 6.81. The summed E-state index contributed by atoms with van der Waals surface area (Å²) in [6.07, 6.45) is 0.0995. The zero-order valence-corrected chi connectivity index (χ0v) is 13.9. The summed E-state index contributed by atoms with van der Waals surface area (Å²) in [5.74, 6) is 0.280. The highest BCUT2D eigenvalue weighted by Gasteiger charge is 2.27. The van der Waals surface area contributed by atoms with Gasteiger partial charge in [0.05, 0.1) is 25.3 Å². The van der Waals surface area contributed by atoms with Crippen LogP contribution in [0.2, 0.25) is 0 Å². The molecule has 0 unspecified atom stereocenters. The van der Waals surface area contributed by atoms with E-state index in [9.17, 15) is 8.42 Å². The van der Waals surface area contributed by atoms with Crippen molar-refractivity contribution in [1.29, 1.82) is 5.26 Å². The summed E-state index contributed by atoms with van der Waals surface area (Å²) in [5.41, 5.74) is 1.48. The lowest BCUT2D eigenvalue weighted by atomic mass is 10.2. The van der Waals surface area contributed by atoms with Crippen molar-refractivity contribution in [3.05, 3.63) is 54.1 Å². The number of aryl methyl sites for hydroxylation is 1. The smallest absolute Gasteiger partial charge is 0.268 e. The number of anilines is 1. The van der Waals surface area contributed by atoms with E-state index in [2.05, 4.69) is 0 Å². The highest BCUT2D eigenvalue weighted by atomic mass is 32.2. The van der Waals surface area contributed by atoms with E-state index < -0.39 is 10.0 Å². The topological polar surface area (TPSA) is 70.4 Å². The number of benzene rings is 2. The monoisotopic (exact) mass is 330 g/mol. The molecule has 0 saturated heterocycles. The van der Waals surface area contributed by atoms with Crippen molar-refractivity contribution in [2.45, 2.75) is 18.2 Å². The minimum absolute atomic E-state index is 0.0837. The second-order valence-electron chi connectivity index (χ2n) is 4.98. The van der Waals surface area contributed by atoms with Gasteiger partial charge in [0.2, 0.25) is 0 Å². The average Bonchev–Trinajstić information content (AvgIpc) is 2.55. The van der Waals surface area contributed by atoms with Crippen LogP contribution in [-0.4, -0.2) is 22.1 Å². The molecule has 0 aromatic heterocycles. The fraction of sp³-hybridized carbons (Fsp3) is 0.235. The predicted octanol–water partition coefficient (Wildman–Crippen LogP) is 3.11. The molecule has 5 nitrogen and oxygen atoms in total. The lowest BCUT2D eigenvalue weighted by molar-refractivity contribution is 0.402. The fourth-order valence-electron chi connectivity index (χ4n) is 2.27. The molecule has 0 spiro atoms. The molecule has 0 bridgehead atoms. The number of para-hydroxylation sites is 1. The van der Waals surface area contributed by atoms with Crippen LogP contribution in [0.1, 0.15) is 12.0 Å². The predicted molar refractivity (Wildman–Crippen MR) is 88.9 cm³/mol. The minimum atomic E-state index is -3.83. The Balaban J connectivity index is 2.56. The molecule has 2 aromatic carbocycles. The van der Waals surface area contributed by atoms with Crippen LogP contribution in [0, 0.1) is 18.3 Å². The van der Waals surface area contributed by atoms with E-state index >= 15 is 0 Å². The van der Waals surface area contributed by atoms with Crippen LogP contribution in [0.15, 0.2) is 53.4 Å². The van der Waals surface area contributed by atoms with E-state index in [4.69, 9.17) is 10.00 Å². The molecule has 120 valence electrons. The van der Waals surface area contributed by atoms with Crippen molar-refractivity contribution in [1.82, 2.24) is 0 Å². The van der Waals surface area contributed by atoms with Crippen LogP contribution < -0.4 is 9.04 Å². The first-order valence-corrected chi connectivity index (χ1v) is 8.54. The summed E-state index contributed by atoms with van der Waals surface area (Å²) in [4.78, 5) is 0.0851. The number of methoxy groups -OCH3 is 1. The average molecular weight is 330 g/mol. The van der Waals surface area contributed by atoms with Gasteiger partial charge >= 0.3 is 0 Å². The number of rotatable bonds is 6. The summed E-state index contributed by atoms with van der Waals surface area (Å²) in [6.45, 7) is 1.97. The first-order chi connectivity index (χ1) is 11.0. The van der Waals surface area contributed by atoms with Crippen LogP contribution in [0.4, 0.5) is 5.69 Å². The first kappa shape index (κ1) is 16.8. The van der Waals surface area contributed by atoms with Crippen molar-refractivity contribution in [3.63, 3.8) is 0 Å². The van der Waals surface area contributed by atoms with Gasteiger partial charge in [0, 0.05) is 6.54 Å². The summed E-state index contributed by atoms with van der Waals surface area (Å²) in [7, 11) is -2.40. The van der Waals surface area contributed by atoms with Gasteiger partial charge in [0.25, 0.3) is 10.0 Å². The van der Waals surface area contributed by atoms with E-state index in [1.807, 2.05) is 19.1 Å². The standard InChI is InChI=1S/C17H18N2O3S/c1-14-7-5-8-15(13-14)19(12-6-11-18)23(20,21)17-10-4-3-9-16(17)22-2/h3-5,7-10,13H,6,12H2,1-2H3. The third-order valence-electron chi connectivity index (χ3n) is 3.35. The number of hydrogen-bond donors (Lipinski definition) is 0. The fourth-order valence-corrected chi connectivity index (χ4v) is 3.89. The number of nitriles is 1. The molecule has 0 N–H and O–H groups in total. The molecule has 2 rings (SSSR count). The summed E-state index contributed by atoms with van der Waals surface area (Å²) >= 11 is 0. The van der Waals surface area contributed by atoms with Gasteiger partial charge in [-0.15, -0.1) is 0 Å². The quantitative estimate of drug-likeness (QED) is 0.816. The maximum Gasteiger partial charge on any atom is 0.268 e. The van der Waals surface area contributed by atoms with E-state index in [1.54, 1.807) is 36.4 Å². The second kappa shape index (κ2) is 7.16. The van der Waals surface area contributed by atoms with Gasteiger partial charge in [-0.3, -0.25) is 4.31 Å². The van der Waals surface area contributed by atoms with Crippen LogP contribution in [0.3, 0.4) is 0 Å². The highest BCUT2D eigenvalue weighted by Crippen LogP contribution is 2.30. The molecule has 0 atom stereocenters. The SMILES string of the molecule is COc1ccccc1S(=O)(=O)N(CCC#N)c1cccc(C)c1. The molecule has 0 aliphatic rings. The van der Waals surface area contributed by atoms with Gasteiger partial charge in [-0.05, 0) is 36.8 Å². The molecule has 23 heavy (non-hydrogen) atoms. The lowest BCUT2D eigenvalue weighted by Gasteiger charge is -2.24. The maximum atomic E-state index is 13.1. The Kier molecular flexibility index (Phi) is 5.24. The Hall–Kier alpha value is -2.52. The molecule has 0 amide bonds. The number of sulfonamides is 1. The Bertz CT molecular complexity index is 826. The van der Waals surface area contributed by atoms with E-state index in [0.717, 1.165) is 5.56 Å². The van der Waals surface area contributed by atoms with Crippen LogP contribution >= 0.6 is 0 Å². The lowest BCUT2D eigenvalue weighted by Crippen LogP contribution is -2.32. The number of nitrogens with zero attached hydrogens (tertiary/aromatic N) is 2. The van der Waals surface area contributed by atoms with Gasteiger partial charge in [-0.2, -0.15) is 5.26 Å². The number of ether oxygens (including phenoxy) is 1. The van der Waals surface area contributed by atoms with E-state index in [0.29, 0.717) is 5.69 Å². The molecular formula is C17H18N2O3S. The molecule has 2 aromatic rings. The molecular weight excluding hydrogens is 312 g/mol. The van der Waals surface area contributed by atoms with Crippen molar-refractivity contribution in [2.24, 2.45) is 0 Å². The minimum Gasteiger partial charge on any atom is -0.495 e. The molecule has 6 heteroatoms. The Morgan fingerprint density at radius 1 is 1.17 bits per heavy atom. The zero-order chi connectivity index (χ0) is 16.9.